The third-order valence-electron chi connectivity index (χ3n) is 7.52. The summed E-state index contributed by atoms with van der Waals surface area (Å²) in [7, 11) is 0. The van der Waals surface area contributed by atoms with Crippen molar-refractivity contribution in [3.05, 3.63) is 170 Å². The largest absolute Gasteiger partial charge is 0.317 e. The molecule has 0 aliphatic rings. The van der Waals surface area contributed by atoms with E-state index < -0.39 is 0 Å². The van der Waals surface area contributed by atoms with Crippen molar-refractivity contribution in [2.45, 2.75) is 0 Å². The van der Waals surface area contributed by atoms with E-state index >= 15 is 0 Å². The molecule has 0 amide bonds. The number of hydrogen-bond donors (Lipinski definition) is 0. The van der Waals surface area contributed by atoms with Crippen molar-refractivity contribution in [1.82, 2.24) is 4.57 Å². The van der Waals surface area contributed by atoms with E-state index in [1.807, 2.05) is 30.3 Å². The lowest BCUT2D eigenvalue weighted by atomic mass is 10.0. The summed E-state index contributed by atoms with van der Waals surface area (Å²) >= 11 is 0. The number of halogens is 1. The summed E-state index contributed by atoms with van der Waals surface area (Å²) in [6.07, 6.45) is 2.12. The summed E-state index contributed by atoms with van der Waals surface area (Å²) in [5.41, 5.74) is 9.85. The van der Waals surface area contributed by atoms with Crippen LogP contribution in [-0.2, 0) is 0 Å². The first-order chi connectivity index (χ1) is 20.2. The molecule has 3 heteroatoms. The molecule has 41 heavy (non-hydrogen) atoms. The number of rotatable bonds is 6. The molecule has 0 atom stereocenters. The topological polar surface area (TPSA) is 8.17 Å². The zero-order valence-electron chi connectivity index (χ0n) is 22.4. The summed E-state index contributed by atoms with van der Waals surface area (Å²) in [6, 6.07) is 53.2. The molecule has 0 bridgehead atoms. The number of fused-ring (bicyclic) bond motifs is 1. The predicted octanol–water partition coefficient (Wildman–Crippen LogP) is 10.6. The molecule has 7 rings (SSSR count). The van der Waals surface area contributed by atoms with Gasteiger partial charge in [0.2, 0.25) is 0 Å². The molecule has 0 saturated heterocycles. The van der Waals surface area contributed by atoms with Crippen LogP contribution in [0.3, 0.4) is 0 Å². The van der Waals surface area contributed by atoms with Gasteiger partial charge in [-0.2, -0.15) is 0 Å². The minimum atomic E-state index is -0.250. The molecular weight excluding hydrogens is 503 g/mol. The van der Waals surface area contributed by atoms with Crippen LogP contribution in [0.4, 0.5) is 21.5 Å². The SMILES string of the molecule is Fc1ccc(N(c2ccc(-c3ccccc3)cc2)c2ccc(-c3ccc(-n4ccc5ccccc54)cc3)cc2)cc1. The quantitative estimate of drug-likeness (QED) is 0.208. The average molecular weight is 531 g/mol. The Morgan fingerprint density at radius 1 is 0.415 bits per heavy atom. The Hall–Kier alpha value is -5.41. The van der Waals surface area contributed by atoms with E-state index in [1.165, 1.54) is 28.6 Å². The van der Waals surface area contributed by atoms with Crippen molar-refractivity contribution >= 4 is 28.0 Å². The zero-order valence-corrected chi connectivity index (χ0v) is 22.4. The van der Waals surface area contributed by atoms with Gasteiger partial charge in [-0.25, -0.2) is 4.39 Å². The van der Waals surface area contributed by atoms with Gasteiger partial charge in [0, 0.05) is 28.9 Å². The van der Waals surface area contributed by atoms with E-state index in [0.29, 0.717) is 0 Å². The van der Waals surface area contributed by atoms with Crippen molar-refractivity contribution < 1.29 is 4.39 Å². The van der Waals surface area contributed by atoms with Crippen LogP contribution in [0.1, 0.15) is 0 Å². The minimum Gasteiger partial charge on any atom is -0.317 e. The Kier molecular flexibility index (Phi) is 6.38. The molecule has 196 valence electrons. The van der Waals surface area contributed by atoms with Crippen LogP contribution < -0.4 is 4.90 Å². The summed E-state index contributed by atoms with van der Waals surface area (Å²) < 4.78 is 16.0. The highest BCUT2D eigenvalue weighted by atomic mass is 19.1. The second-order valence-corrected chi connectivity index (χ2v) is 10.1. The summed E-state index contributed by atoms with van der Waals surface area (Å²) in [5, 5.41) is 1.23. The maximum absolute atomic E-state index is 13.8. The molecule has 0 aliphatic carbocycles. The van der Waals surface area contributed by atoms with Gasteiger partial charge in [-0.3, -0.25) is 0 Å². The molecule has 0 N–H and O–H groups in total. The minimum absolute atomic E-state index is 0.250. The standard InChI is InChI=1S/C38H27FN2/c39-33-16-24-37(25-17-33)41(35-20-12-29(13-21-35)28-6-2-1-3-7-28)36-22-14-31(15-23-36)30-10-18-34(19-11-30)40-27-26-32-8-4-5-9-38(32)40/h1-27H. The lowest BCUT2D eigenvalue weighted by Crippen LogP contribution is -2.09. The fraction of sp³-hybridized carbons (Fsp3) is 0. The number of anilines is 3. The van der Waals surface area contributed by atoms with Gasteiger partial charge in [0.1, 0.15) is 5.82 Å². The van der Waals surface area contributed by atoms with E-state index in [0.717, 1.165) is 39.4 Å². The van der Waals surface area contributed by atoms with Crippen LogP contribution in [0.25, 0.3) is 38.8 Å². The molecule has 2 nitrogen and oxygen atoms in total. The van der Waals surface area contributed by atoms with Crippen LogP contribution in [0.2, 0.25) is 0 Å². The van der Waals surface area contributed by atoms with Gasteiger partial charge < -0.3 is 9.47 Å². The highest BCUT2D eigenvalue weighted by Crippen LogP contribution is 2.37. The Labute approximate surface area is 239 Å². The summed E-state index contributed by atoms with van der Waals surface area (Å²) in [6.45, 7) is 0. The van der Waals surface area contributed by atoms with Gasteiger partial charge in [-0.15, -0.1) is 0 Å². The van der Waals surface area contributed by atoms with E-state index in [1.54, 1.807) is 0 Å². The van der Waals surface area contributed by atoms with E-state index in [4.69, 9.17) is 0 Å². The molecule has 1 aromatic heterocycles. The average Bonchev–Trinajstić information content (AvgIpc) is 3.48. The van der Waals surface area contributed by atoms with Crippen LogP contribution in [0.15, 0.2) is 164 Å². The number of para-hydroxylation sites is 1. The maximum Gasteiger partial charge on any atom is 0.123 e. The van der Waals surface area contributed by atoms with Gasteiger partial charge >= 0.3 is 0 Å². The molecule has 0 saturated carbocycles. The van der Waals surface area contributed by atoms with Gasteiger partial charge in [-0.05, 0) is 100 Å². The fourth-order valence-electron chi connectivity index (χ4n) is 5.40. The predicted molar refractivity (Wildman–Crippen MR) is 169 cm³/mol. The molecule has 0 unspecified atom stereocenters. The Morgan fingerprint density at radius 3 is 1.46 bits per heavy atom. The van der Waals surface area contributed by atoms with Crippen LogP contribution in [0.5, 0.6) is 0 Å². The number of hydrogen-bond acceptors (Lipinski definition) is 1. The normalized spacial score (nSPS) is 11.0. The number of benzene rings is 6. The molecule has 0 radical (unpaired) electrons. The monoisotopic (exact) mass is 530 g/mol. The number of nitrogens with zero attached hydrogens (tertiary/aromatic N) is 2. The lowest BCUT2D eigenvalue weighted by Gasteiger charge is -2.26. The second kappa shape index (κ2) is 10.6. The third kappa shape index (κ3) is 4.90. The van der Waals surface area contributed by atoms with Gasteiger partial charge in [-0.1, -0.05) is 84.9 Å². The van der Waals surface area contributed by atoms with Crippen LogP contribution in [0, 0.1) is 5.82 Å². The molecule has 1 heterocycles. The smallest absolute Gasteiger partial charge is 0.123 e. The maximum atomic E-state index is 13.8. The molecule has 0 fully saturated rings. The molecule has 7 aromatic rings. The van der Waals surface area contributed by atoms with Gasteiger partial charge in [0.05, 0.1) is 5.52 Å². The van der Waals surface area contributed by atoms with Crippen LogP contribution >= 0.6 is 0 Å². The zero-order chi connectivity index (χ0) is 27.6. The Morgan fingerprint density at radius 2 is 0.878 bits per heavy atom. The molecule has 0 spiro atoms. The summed E-state index contributed by atoms with van der Waals surface area (Å²) in [4.78, 5) is 2.15. The highest BCUT2D eigenvalue weighted by molar-refractivity contribution is 5.82. The first-order valence-corrected chi connectivity index (χ1v) is 13.7. The van der Waals surface area contributed by atoms with Crippen molar-refractivity contribution in [2.75, 3.05) is 4.90 Å². The third-order valence-corrected chi connectivity index (χ3v) is 7.52. The highest BCUT2D eigenvalue weighted by Gasteiger charge is 2.13. The fourth-order valence-corrected chi connectivity index (χ4v) is 5.40. The first kappa shape index (κ1) is 24.6. The van der Waals surface area contributed by atoms with Crippen molar-refractivity contribution in [1.29, 1.82) is 0 Å². The van der Waals surface area contributed by atoms with E-state index in [-0.39, 0.29) is 5.82 Å². The second-order valence-electron chi connectivity index (χ2n) is 10.1. The Balaban J connectivity index is 1.19. The Bertz CT molecular complexity index is 1900. The van der Waals surface area contributed by atoms with Gasteiger partial charge in [0.15, 0.2) is 0 Å². The van der Waals surface area contributed by atoms with Crippen molar-refractivity contribution in [3.63, 3.8) is 0 Å². The van der Waals surface area contributed by atoms with Crippen molar-refractivity contribution in [3.8, 4) is 27.9 Å². The summed E-state index contributed by atoms with van der Waals surface area (Å²) in [5.74, 6) is -0.250. The lowest BCUT2D eigenvalue weighted by molar-refractivity contribution is 0.628. The van der Waals surface area contributed by atoms with Crippen LogP contribution in [-0.4, -0.2) is 4.57 Å². The molecule has 0 aliphatic heterocycles. The first-order valence-electron chi connectivity index (χ1n) is 13.7. The van der Waals surface area contributed by atoms with Gasteiger partial charge in [0.25, 0.3) is 0 Å². The van der Waals surface area contributed by atoms with E-state index in [9.17, 15) is 4.39 Å². The van der Waals surface area contributed by atoms with E-state index in [2.05, 4.69) is 131 Å². The molecule has 6 aromatic carbocycles. The van der Waals surface area contributed by atoms with Crippen molar-refractivity contribution in [2.24, 2.45) is 0 Å². The molecular formula is C38H27FN2. The number of aromatic nitrogens is 1.